The van der Waals surface area contributed by atoms with Crippen molar-refractivity contribution in [1.82, 2.24) is 3.38 Å². The molecule has 0 aromatic carbocycles. The first-order valence-corrected chi connectivity index (χ1v) is 6.59. The van der Waals surface area contributed by atoms with Gasteiger partial charge in [0.05, 0.1) is 0 Å². The third-order valence-corrected chi connectivity index (χ3v) is 4.34. The fourth-order valence-electron chi connectivity index (χ4n) is 1.14. The molecule has 2 nitrogen and oxygen atoms in total. The van der Waals surface area contributed by atoms with E-state index >= 15 is 0 Å². The topological polar surface area (TPSA) is 12.5 Å². The van der Waals surface area contributed by atoms with E-state index in [4.69, 9.17) is 3.32 Å². The van der Waals surface area contributed by atoms with Gasteiger partial charge in [-0.1, -0.05) is 0 Å². The Hall–Kier alpha value is 0.634. The first-order valence-electron chi connectivity index (χ1n) is 5.25. The maximum absolute atomic E-state index is 5.71. The quantitative estimate of drug-likeness (QED) is 0.484. The van der Waals surface area contributed by atoms with E-state index in [1.165, 1.54) is 12.8 Å². The van der Waals surface area contributed by atoms with Gasteiger partial charge in [0, 0.05) is 0 Å². The second-order valence-electron chi connectivity index (χ2n) is 3.89. The molecule has 0 N–H and O–H groups in total. The molecule has 0 aromatic rings. The van der Waals surface area contributed by atoms with Crippen molar-refractivity contribution in [2.24, 2.45) is 0 Å². The summed E-state index contributed by atoms with van der Waals surface area (Å²) in [5.41, 5.74) is 0. The molecular formula is C10H23NOTi. The first kappa shape index (κ1) is 13.6. The van der Waals surface area contributed by atoms with Gasteiger partial charge in [-0.05, 0) is 0 Å². The molecule has 0 saturated heterocycles. The van der Waals surface area contributed by atoms with Gasteiger partial charge < -0.3 is 0 Å². The molecule has 0 rings (SSSR count). The normalized spacial score (nSPS) is 11.7. The number of hydrogen-bond donors (Lipinski definition) is 0. The summed E-state index contributed by atoms with van der Waals surface area (Å²) in [7, 11) is 0. The van der Waals surface area contributed by atoms with Crippen LogP contribution in [0.3, 0.4) is 0 Å². The molecule has 0 heterocycles. The SMILES string of the molecule is CCCC[O][Ti][N](C(C)C)C(C)C. The van der Waals surface area contributed by atoms with Gasteiger partial charge in [0.2, 0.25) is 0 Å². The Morgan fingerprint density at radius 3 is 2.08 bits per heavy atom. The Labute approximate surface area is 92.7 Å². The third kappa shape index (κ3) is 6.67. The monoisotopic (exact) mass is 221 g/mol. The van der Waals surface area contributed by atoms with Crippen LogP contribution in [0.15, 0.2) is 0 Å². The zero-order chi connectivity index (χ0) is 10.3. The number of hydrogen-bond acceptors (Lipinski definition) is 2. The number of unbranched alkanes of at least 4 members (excludes halogenated alkanes) is 1. The van der Waals surface area contributed by atoms with Crippen molar-refractivity contribution in [3.63, 3.8) is 0 Å². The number of nitrogens with zero attached hydrogens (tertiary/aromatic N) is 1. The van der Waals surface area contributed by atoms with E-state index in [2.05, 4.69) is 38.0 Å². The molecule has 3 heteroatoms. The molecule has 0 saturated carbocycles. The summed E-state index contributed by atoms with van der Waals surface area (Å²) in [6, 6.07) is 1.25. The van der Waals surface area contributed by atoms with Crippen LogP contribution in [-0.2, 0) is 23.1 Å². The van der Waals surface area contributed by atoms with Crippen LogP contribution in [0, 0.1) is 0 Å². The van der Waals surface area contributed by atoms with Crippen LogP contribution < -0.4 is 0 Å². The zero-order valence-electron chi connectivity index (χ0n) is 9.63. The second kappa shape index (κ2) is 7.99. The van der Waals surface area contributed by atoms with Crippen LogP contribution in [-0.4, -0.2) is 22.1 Å². The minimum atomic E-state index is -0.334. The molecule has 78 valence electrons. The van der Waals surface area contributed by atoms with Gasteiger partial charge >= 0.3 is 92.6 Å². The minimum absolute atomic E-state index is 0.334. The molecule has 0 atom stereocenters. The molecule has 0 radical (unpaired) electrons. The maximum atomic E-state index is 5.71. The van der Waals surface area contributed by atoms with Gasteiger partial charge in [-0.15, -0.1) is 0 Å². The summed E-state index contributed by atoms with van der Waals surface area (Å²) in [5.74, 6) is 0. The van der Waals surface area contributed by atoms with E-state index in [0.717, 1.165) is 6.61 Å². The van der Waals surface area contributed by atoms with Gasteiger partial charge in [0.15, 0.2) is 0 Å². The Balaban J connectivity index is 3.58. The summed E-state index contributed by atoms with van der Waals surface area (Å²) in [4.78, 5) is 0. The molecule has 0 aliphatic carbocycles. The van der Waals surface area contributed by atoms with E-state index < -0.39 is 0 Å². The molecule has 0 unspecified atom stereocenters. The summed E-state index contributed by atoms with van der Waals surface area (Å²) in [5, 5.41) is 0. The molecule has 0 aliphatic heterocycles. The zero-order valence-corrected chi connectivity index (χ0v) is 11.2. The van der Waals surface area contributed by atoms with Crippen LogP contribution in [0.5, 0.6) is 0 Å². The van der Waals surface area contributed by atoms with E-state index in [-0.39, 0.29) is 19.8 Å². The average molecular weight is 221 g/mol. The fourth-order valence-corrected chi connectivity index (χ4v) is 2.40. The Bertz CT molecular complexity index is 109. The predicted octanol–water partition coefficient (Wildman–Crippen LogP) is 2.83. The van der Waals surface area contributed by atoms with Crippen molar-refractivity contribution in [2.75, 3.05) is 6.61 Å². The van der Waals surface area contributed by atoms with Crippen molar-refractivity contribution < 1.29 is 23.1 Å². The Morgan fingerprint density at radius 1 is 1.15 bits per heavy atom. The van der Waals surface area contributed by atoms with E-state index in [1.54, 1.807) is 0 Å². The van der Waals surface area contributed by atoms with Crippen molar-refractivity contribution in [3.8, 4) is 0 Å². The molecule has 0 fully saturated rings. The molecule has 0 spiro atoms. The van der Waals surface area contributed by atoms with Crippen LogP contribution in [0.4, 0.5) is 0 Å². The molecule has 0 aliphatic rings. The van der Waals surface area contributed by atoms with Crippen molar-refractivity contribution in [3.05, 3.63) is 0 Å². The van der Waals surface area contributed by atoms with Gasteiger partial charge in [0.25, 0.3) is 0 Å². The molecule has 0 bridgehead atoms. The van der Waals surface area contributed by atoms with E-state index in [9.17, 15) is 0 Å². The Morgan fingerprint density at radius 2 is 1.69 bits per heavy atom. The molecular weight excluding hydrogens is 198 g/mol. The van der Waals surface area contributed by atoms with Gasteiger partial charge in [-0.3, -0.25) is 0 Å². The van der Waals surface area contributed by atoms with Gasteiger partial charge in [0.1, 0.15) is 0 Å². The standard InChI is InChI=1S/C6H14N.C4H9O.Ti/c1-5(2)7-6(3)4;1-2-3-4-5;/h5-6H,1-4H3;2-4H2,1H3;/q2*-1;+2. The summed E-state index contributed by atoms with van der Waals surface area (Å²) < 4.78 is 8.19. The van der Waals surface area contributed by atoms with Crippen LogP contribution in [0.2, 0.25) is 0 Å². The number of rotatable bonds is 7. The summed E-state index contributed by atoms with van der Waals surface area (Å²) in [6.45, 7) is 12.1. The van der Waals surface area contributed by atoms with Gasteiger partial charge in [-0.25, -0.2) is 0 Å². The van der Waals surface area contributed by atoms with Crippen molar-refractivity contribution >= 4 is 0 Å². The van der Waals surface area contributed by atoms with Crippen molar-refractivity contribution in [1.29, 1.82) is 0 Å². The Kier molecular flexibility index (Phi) is 8.37. The van der Waals surface area contributed by atoms with Crippen LogP contribution >= 0.6 is 0 Å². The molecule has 0 amide bonds. The van der Waals surface area contributed by atoms with E-state index in [0.29, 0.717) is 12.1 Å². The summed E-state index contributed by atoms with van der Waals surface area (Å²) >= 11 is -0.334. The van der Waals surface area contributed by atoms with Crippen molar-refractivity contribution in [2.45, 2.75) is 59.5 Å². The van der Waals surface area contributed by atoms with E-state index in [1.807, 2.05) is 0 Å². The second-order valence-corrected chi connectivity index (χ2v) is 5.43. The predicted molar refractivity (Wildman–Crippen MR) is 53.0 cm³/mol. The molecule has 0 aromatic heterocycles. The molecule has 13 heavy (non-hydrogen) atoms. The van der Waals surface area contributed by atoms with Crippen LogP contribution in [0.25, 0.3) is 0 Å². The summed E-state index contributed by atoms with van der Waals surface area (Å²) in [6.07, 6.45) is 2.43. The first-order chi connectivity index (χ1) is 6.09. The third-order valence-electron chi connectivity index (χ3n) is 1.88. The van der Waals surface area contributed by atoms with Gasteiger partial charge in [-0.2, -0.15) is 0 Å². The van der Waals surface area contributed by atoms with Crippen LogP contribution in [0.1, 0.15) is 47.5 Å². The fraction of sp³-hybridized carbons (Fsp3) is 1.00. The average Bonchev–Trinajstić information content (AvgIpc) is 2.02.